The highest BCUT2D eigenvalue weighted by molar-refractivity contribution is 6.33. The van der Waals surface area contributed by atoms with Crippen molar-refractivity contribution in [2.24, 2.45) is 0 Å². The van der Waals surface area contributed by atoms with Crippen LogP contribution in [0, 0.1) is 0 Å². The summed E-state index contributed by atoms with van der Waals surface area (Å²) in [6, 6.07) is 13.8. The quantitative estimate of drug-likeness (QED) is 0.760. The summed E-state index contributed by atoms with van der Waals surface area (Å²) >= 11 is 6.08. The van der Waals surface area contributed by atoms with Crippen LogP contribution in [0.15, 0.2) is 48.5 Å². The molecule has 2 aromatic rings. The molecule has 0 bridgehead atoms. The number of urea groups is 1. The number of carbonyl (C=O) groups is 1. The Morgan fingerprint density at radius 2 is 2.00 bits per heavy atom. The van der Waals surface area contributed by atoms with Gasteiger partial charge in [0.25, 0.3) is 0 Å². The largest absolute Gasteiger partial charge is 0.497 e. The van der Waals surface area contributed by atoms with Gasteiger partial charge in [-0.2, -0.15) is 0 Å². The Labute approximate surface area is 140 Å². The summed E-state index contributed by atoms with van der Waals surface area (Å²) in [5, 5.41) is 15.2. The van der Waals surface area contributed by atoms with E-state index in [2.05, 4.69) is 10.6 Å². The molecule has 0 aliphatic heterocycles. The summed E-state index contributed by atoms with van der Waals surface area (Å²) in [4.78, 5) is 12.1. The number of anilines is 1. The fraction of sp³-hybridized carbons (Fsp3) is 0.235. The standard InChI is InChI=1S/C17H19ClN2O3/c1-23-14-7-8-16(15(18)10-14)20-17(22)19-13(11-21)9-12-5-3-2-4-6-12/h2-8,10,13,21H,9,11H2,1H3,(H2,19,20,22)/t13-/m1/s1. The predicted octanol–water partition coefficient (Wildman–Crippen LogP) is 3.07. The van der Waals surface area contributed by atoms with Gasteiger partial charge in [0.15, 0.2) is 0 Å². The molecule has 2 amide bonds. The van der Waals surface area contributed by atoms with Gasteiger partial charge in [0, 0.05) is 6.07 Å². The van der Waals surface area contributed by atoms with E-state index in [0.717, 1.165) is 5.56 Å². The predicted molar refractivity (Wildman–Crippen MR) is 91.2 cm³/mol. The van der Waals surface area contributed by atoms with E-state index < -0.39 is 6.03 Å². The first kappa shape index (κ1) is 17.1. The summed E-state index contributed by atoms with van der Waals surface area (Å²) in [7, 11) is 1.54. The highest BCUT2D eigenvalue weighted by Gasteiger charge is 2.13. The highest BCUT2D eigenvalue weighted by atomic mass is 35.5. The van der Waals surface area contributed by atoms with Crippen LogP contribution in [0.1, 0.15) is 5.56 Å². The van der Waals surface area contributed by atoms with Crippen molar-refractivity contribution in [3.05, 3.63) is 59.1 Å². The van der Waals surface area contributed by atoms with E-state index in [4.69, 9.17) is 16.3 Å². The Morgan fingerprint density at radius 1 is 1.26 bits per heavy atom. The average molecular weight is 335 g/mol. The number of ether oxygens (including phenoxy) is 1. The number of hydrogen-bond donors (Lipinski definition) is 3. The molecule has 23 heavy (non-hydrogen) atoms. The molecule has 6 heteroatoms. The lowest BCUT2D eigenvalue weighted by Gasteiger charge is -2.17. The monoisotopic (exact) mass is 334 g/mol. The van der Waals surface area contributed by atoms with E-state index in [9.17, 15) is 9.90 Å². The first-order valence-electron chi connectivity index (χ1n) is 7.18. The fourth-order valence-corrected chi connectivity index (χ4v) is 2.35. The Kier molecular flexibility index (Phi) is 6.26. The molecular weight excluding hydrogens is 316 g/mol. The van der Waals surface area contributed by atoms with Crippen molar-refractivity contribution in [1.29, 1.82) is 0 Å². The Hall–Kier alpha value is -2.24. The zero-order valence-corrected chi connectivity index (χ0v) is 13.5. The SMILES string of the molecule is COc1ccc(NC(=O)N[C@@H](CO)Cc2ccccc2)c(Cl)c1. The molecule has 0 fully saturated rings. The first-order valence-corrected chi connectivity index (χ1v) is 7.56. The second kappa shape index (κ2) is 8.41. The number of aliphatic hydroxyl groups is 1. The van der Waals surface area contributed by atoms with E-state index in [1.54, 1.807) is 25.3 Å². The number of hydrogen-bond acceptors (Lipinski definition) is 3. The minimum atomic E-state index is -0.424. The minimum Gasteiger partial charge on any atom is -0.497 e. The van der Waals surface area contributed by atoms with Crippen LogP contribution in [-0.4, -0.2) is 30.9 Å². The van der Waals surface area contributed by atoms with Crippen LogP contribution in [0.25, 0.3) is 0 Å². The number of halogens is 1. The molecule has 0 heterocycles. The third kappa shape index (κ3) is 5.16. The van der Waals surface area contributed by atoms with Gasteiger partial charge in [0.05, 0.1) is 30.5 Å². The van der Waals surface area contributed by atoms with Crippen LogP contribution in [-0.2, 0) is 6.42 Å². The zero-order valence-electron chi connectivity index (χ0n) is 12.8. The van der Waals surface area contributed by atoms with Crippen LogP contribution < -0.4 is 15.4 Å². The first-order chi connectivity index (χ1) is 11.1. The second-order valence-corrected chi connectivity index (χ2v) is 5.42. The number of methoxy groups -OCH3 is 1. The van der Waals surface area contributed by atoms with Crippen LogP contribution in [0.4, 0.5) is 10.5 Å². The Balaban J connectivity index is 1.95. The van der Waals surface area contributed by atoms with Gasteiger partial charge in [-0.25, -0.2) is 4.79 Å². The molecule has 0 spiro atoms. The lowest BCUT2D eigenvalue weighted by molar-refractivity contribution is 0.224. The Bertz CT molecular complexity index is 650. The van der Waals surface area contributed by atoms with Gasteiger partial charge >= 0.3 is 6.03 Å². The van der Waals surface area contributed by atoms with E-state index in [-0.39, 0.29) is 12.6 Å². The summed E-state index contributed by atoms with van der Waals surface area (Å²) in [5.74, 6) is 0.610. The summed E-state index contributed by atoms with van der Waals surface area (Å²) in [6.07, 6.45) is 0.543. The number of aliphatic hydroxyl groups excluding tert-OH is 1. The van der Waals surface area contributed by atoms with Gasteiger partial charge in [0.2, 0.25) is 0 Å². The lowest BCUT2D eigenvalue weighted by atomic mass is 10.1. The molecule has 0 saturated carbocycles. The number of nitrogens with one attached hydrogen (secondary N) is 2. The van der Waals surface area contributed by atoms with Gasteiger partial charge in [-0.3, -0.25) is 0 Å². The molecule has 2 aromatic carbocycles. The maximum absolute atomic E-state index is 12.1. The molecule has 0 radical (unpaired) electrons. The molecule has 1 atom stereocenters. The van der Waals surface area contributed by atoms with Crippen molar-refractivity contribution in [2.45, 2.75) is 12.5 Å². The fourth-order valence-electron chi connectivity index (χ4n) is 2.13. The molecule has 0 aliphatic carbocycles. The molecular formula is C17H19ClN2O3. The van der Waals surface area contributed by atoms with Gasteiger partial charge in [0.1, 0.15) is 5.75 Å². The van der Waals surface area contributed by atoms with Crippen molar-refractivity contribution in [2.75, 3.05) is 19.0 Å². The zero-order chi connectivity index (χ0) is 16.7. The minimum absolute atomic E-state index is 0.154. The molecule has 2 rings (SSSR count). The number of carbonyl (C=O) groups excluding carboxylic acids is 1. The van der Waals surface area contributed by atoms with Crippen LogP contribution in [0.2, 0.25) is 5.02 Å². The molecule has 5 nitrogen and oxygen atoms in total. The summed E-state index contributed by atoms with van der Waals surface area (Å²) in [5.41, 5.74) is 1.51. The van der Waals surface area contributed by atoms with Crippen LogP contribution >= 0.6 is 11.6 Å². The van der Waals surface area contributed by atoms with Crippen molar-refractivity contribution < 1.29 is 14.6 Å². The molecule has 0 aliphatic rings. The van der Waals surface area contributed by atoms with Gasteiger partial charge in [-0.05, 0) is 24.1 Å². The van der Waals surface area contributed by atoms with Gasteiger partial charge in [-0.15, -0.1) is 0 Å². The number of rotatable bonds is 6. The van der Waals surface area contributed by atoms with Crippen molar-refractivity contribution in [1.82, 2.24) is 5.32 Å². The van der Waals surface area contributed by atoms with Crippen molar-refractivity contribution >= 4 is 23.3 Å². The van der Waals surface area contributed by atoms with Crippen LogP contribution in [0.5, 0.6) is 5.75 Å². The van der Waals surface area contributed by atoms with Gasteiger partial charge in [-0.1, -0.05) is 41.9 Å². The molecule has 3 N–H and O–H groups in total. The van der Waals surface area contributed by atoms with E-state index in [1.165, 1.54) is 0 Å². The number of amides is 2. The summed E-state index contributed by atoms with van der Waals surface area (Å²) < 4.78 is 5.06. The normalized spacial score (nSPS) is 11.6. The molecule has 0 saturated heterocycles. The van der Waals surface area contributed by atoms with E-state index in [0.29, 0.717) is 22.9 Å². The maximum atomic E-state index is 12.1. The van der Waals surface area contributed by atoms with E-state index in [1.807, 2.05) is 30.3 Å². The maximum Gasteiger partial charge on any atom is 0.319 e. The second-order valence-electron chi connectivity index (χ2n) is 5.01. The third-order valence-corrected chi connectivity index (χ3v) is 3.62. The topological polar surface area (TPSA) is 70.6 Å². The molecule has 122 valence electrons. The molecule has 0 unspecified atom stereocenters. The van der Waals surface area contributed by atoms with E-state index >= 15 is 0 Å². The highest BCUT2D eigenvalue weighted by Crippen LogP contribution is 2.26. The smallest absolute Gasteiger partial charge is 0.319 e. The van der Waals surface area contributed by atoms with Crippen molar-refractivity contribution in [3.8, 4) is 5.75 Å². The third-order valence-electron chi connectivity index (χ3n) is 3.30. The Morgan fingerprint density at radius 3 is 2.61 bits per heavy atom. The van der Waals surface area contributed by atoms with Crippen LogP contribution in [0.3, 0.4) is 0 Å². The lowest BCUT2D eigenvalue weighted by Crippen LogP contribution is -2.41. The van der Waals surface area contributed by atoms with Crippen molar-refractivity contribution in [3.63, 3.8) is 0 Å². The molecule has 0 aromatic heterocycles. The number of benzene rings is 2. The van der Waals surface area contributed by atoms with Gasteiger partial charge < -0.3 is 20.5 Å². The average Bonchev–Trinajstić information content (AvgIpc) is 2.57. The summed E-state index contributed by atoms with van der Waals surface area (Å²) in [6.45, 7) is -0.154.